The van der Waals surface area contributed by atoms with Gasteiger partial charge in [-0.15, -0.1) is 0 Å². The molecule has 1 aromatic heterocycles. The van der Waals surface area contributed by atoms with Crippen molar-refractivity contribution in [3.63, 3.8) is 0 Å². The van der Waals surface area contributed by atoms with Crippen LogP contribution in [0.3, 0.4) is 0 Å². The van der Waals surface area contributed by atoms with Crippen LogP contribution in [0.1, 0.15) is 42.6 Å². The number of amides is 3. The molecular formula is C26H29N3O5. The molecule has 0 aliphatic carbocycles. The Morgan fingerprint density at radius 2 is 1.74 bits per heavy atom. The van der Waals surface area contributed by atoms with Gasteiger partial charge in [0.05, 0.1) is 21.3 Å². The zero-order chi connectivity index (χ0) is 24.0. The van der Waals surface area contributed by atoms with Gasteiger partial charge in [-0.3, -0.25) is 14.6 Å². The first-order valence-corrected chi connectivity index (χ1v) is 11.6. The highest BCUT2D eigenvalue weighted by atomic mass is 16.5. The minimum Gasteiger partial charge on any atom is -0.493 e. The lowest BCUT2D eigenvalue weighted by Gasteiger charge is -2.36. The van der Waals surface area contributed by atoms with E-state index < -0.39 is 12.1 Å². The number of para-hydroxylation sites is 1. The number of hydrogen-bond donors (Lipinski definition) is 1. The van der Waals surface area contributed by atoms with E-state index in [0.717, 1.165) is 40.6 Å². The number of hydrogen-bond acceptors (Lipinski definition) is 5. The van der Waals surface area contributed by atoms with Crippen LogP contribution in [0, 0.1) is 0 Å². The topological polar surface area (TPSA) is 84.1 Å². The molecule has 1 fully saturated rings. The maximum absolute atomic E-state index is 13.6. The highest BCUT2D eigenvalue weighted by Gasteiger charge is 2.52. The van der Waals surface area contributed by atoms with E-state index in [0.29, 0.717) is 30.2 Å². The molecule has 5 rings (SSSR count). The molecule has 0 spiro atoms. The quantitative estimate of drug-likeness (QED) is 0.529. The molecule has 178 valence electrons. The molecular weight excluding hydrogens is 434 g/mol. The molecule has 0 bridgehead atoms. The molecule has 3 aromatic rings. The summed E-state index contributed by atoms with van der Waals surface area (Å²) in [5.74, 6) is 1.34. The predicted octanol–water partition coefficient (Wildman–Crippen LogP) is 4.27. The van der Waals surface area contributed by atoms with Gasteiger partial charge in [0.15, 0.2) is 11.5 Å². The number of benzene rings is 2. The van der Waals surface area contributed by atoms with Gasteiger partial charge < -0.3 is 19.2 Å². The van der Waals surface area contributed by atoms with Gasteiger partial charge in [-0.2, -0.15) is 0 Å². The summed E-state index contributed by atoms with van der Waals surface area (Å²) in [6.45, 7) is 2.48. The fourth-order valence-corrected chi connectivity index (χ4v) is 5.26. The maximum atomic E-state index is 13.6. The fraction of sp³-hybridized carbons (Fsp3) is 0.385. The van der Waals surface area contributed by atoms with Crippen molar-refractivity contribution >= 4 is 22.8 Å². The second kappa shape index (κ2) is 8.59. The van der Waals surface area contributed by atoms with Crippen LogP contribution in [0.25, 0.3) is 10.9 Å². The van der Waals surface area contributed by atoms with Crippen molar-refractivity contribution in [2.24, 2.45) is 0 Å². The van der Waals surface area contributed by atoms with Crippen LogP contribution >= 0.6 is 0 Å². The predicted molar refractivity (Wildman–Crippen MR) is 128 cm³/mol. The van der Waals surface area contributed by atoms with E-state index in [1.165, 1.54) is 4.90 Å². The van der Waals surface area contributed by atoms with Crippen LogP contribution < -0.4 is 14.2 Å². The molecule has 1 saturated heterocycles. The summed E-state index contributed by atoms with van der Waals surface area (Å²) in [6, 6.07) is 10.4. The molecule has 0 saturated carbocycles. The number of unbranched alkanes of at least 4 members (excludes halogenated alkanes) is 1. The number of nitrogens with one attached hydrogen (secondary N) is 1. The zero-order valence-electron chi connectivity index (χ0n) is 19.9. The average Bonchev–Trinajstić information content (AvgIpc) is 3.35. The number of rotatable bonds is 7. The van der Waals surface area contributed by atoms with Crippen LogP contribution in [-0.4, -0.2) is 60.6 Å². The summed E-state index contributed by atoms with van der Waals surface area (Å²) in [6.07, 6.45) is 2.16. The van der Waals surface area contributed by atoms with E-state index in [-0.39, 0.29) is 11.9 Å². The summed E-state index contributed by atoms with van der Waals surface area (Å²) in [4.78, 5) is 33.7. The smallest absolute Gasteiger partial charge is 0.328 e. The van der Waals surface area contributed by atoms with Gasteiger partial charge >= 0.3 is 6.03 Å². The molecule has 2 atom stereocenters. The van der Waals surface area contributed by atoms with Crippen LogP contribution in [0.4, 0.5) is 4.79 Å². The molecule has 0 unspecified atom stereocenters. The molecule has 8 nitrogen and oxygen atoms in total. The van der Waals surface area contributed by atoms with Gasteiger partial charge in [-0.1, -0.05) is 31.5 Å². The Kier molecular flexibility index (Phi) is 5.59. The van der Waals surface area contributed by atoms with Crippen molar-refractivity contribution in [3.8, 4) is 17.2 Å². The van der Waals surface area contributed by atoms with E-state index in [9.17, 15) is 9.59 Å². The number of urea groups is 1. The number of aromatic amines is 1. The summed E-state index contributed by atoms with van der Waals surface area (Å²) in [7, 11) is 4.69. The lowest BCUT2D eigenvalue weighted by molar-refractivity contribution is -0.128. The Bertz CT molecular complexity index is 1240. The van der Waals surface area contributed by atoms with E-state index >= 15 is 0 Å². The van der Waals surface area contributed by atoms with Crippen molar-refractivity contribution in [2.75, 3.05) is 27.9 Å². The Morgan fingerprint density at radius 1 is 1.03 bits per heavy atom. The Morgan fingerprint density at radius 3 is 2.38 bits per heavy atom. The van der Waals surface area contributed by atoms with Crippen molar-refractivity contribution in [2.45, 2.75) is 38.3 Å². The molecule has 3 heterocycles. The number of fused-ring (bicyclic) bond motifs is 4. The lowest BCUT2D eigenvalue weighted by Crippen LogP contribution is -2.44. The number of imide groups is 1. The minimum atomic E-state index is -0.555. The number of ether oxygens (including phenoxy) is 3. The Balaban J connectivity index is 1.72. The molecule has 2 aromatic carbocycles. The summed E-state index contributed by atoms with van der Waals surface area (Å²) in [5.41, 5.74) is 3.73. The Labute approximate surface area is 198 Å². The van der Waals surface area contributed by atoms with Crippen LogP contribution in [0.5, 0.6) is 17.2 Å². The number of H-pyrrole nitrogens is 1. The average molecular weight is 464 g/mol. The second-order valence-corrected chi connectivity index (χ2v) is 8.68. The van der Waals surface area contributed by atoms with Crippen LogP contribution in [0.15, 0.2) is 36.4 Å². The van der Waals surface area contributed by atoms with Crippen molar-refractivity contribution in [1.29, 1.82) is 0 Å². The first-order valence-electron chi connectivity index (χ1n) is 11.6. The molecule has 34 heavy (non-hydrogen) atoms. The van der Waals surface area contributed by atoms with E-state index in [2.05, 4.69) is 11.1 Å². The van der Waals surface area contributed by atoms with Gasteiger partial charge in [0.25, 0.3) is 5.91 Å². The molecule has 3 amide bonds. The molecule has 2 aliphatic heterocycles. The van der Waals surface area contributed by atoms with Gasteiger partial charge in [-0.25, -0.2) is 4.79 Å². The van der Waals surface area contributed by atoms with Gasteiger partial charge in [0.2, 0.25) is 5.75 Å². The second-order valence-electron chi connectivity index (χ2n) is 8.68. The third kappa shape index (κ3) is 3.20. The third-order valence-electron chi connectivity index (χ3n) is 6.87. The molecule has 0 radical (unpaired) electrons. The van der Waals surface area contributed by atoms with Crippen LogP contribution in [0.2, 0.25) is 0 Å². The highest BCUT2D eigenvalue weighted by molar-refractivity contribution is 6.05. The molecule has 2 aliphatic rings. The number of carbonyl (C=O) groups is 2. The summed E-state index contributed by atoms with van der Waals surface area (Å²) >= 11 is 0. The number of methoxy groups -OCH3 is 3. The summed E-state index contributed by atoms with van der Waals surface area (Å²) < 4.78 is 16.7. The van der Waals surface area contributed by atoms with E-state index in [1.807, 2.05) is 37.3 Å². The normalized spacial score (nSPS) is 19.4. The monoisotopic (exact) mass is 463 g/mol. The largest absolute Gasteiger partial charge is 0.493 e. The van der Waals surface area contributed by atoms with Crippen molar-refractivity contribution in [3.05, 3.63) is 53.2 Å². The number of nitrogens with zero attached hydrogens (tertiary/aromatic N) is 2. The van der Waals surface area contributed by atoms with Gasteiger partial charge in [0.1, 0.15) is 12.1 Å². The number of carbonyl (C=O) groups excluding carboxylic acids is 2. The standard InChI is InChI=1S/C26H29N3O5/c1-5-6-11-28-25(30)19-14-17-16-9-7-8-10-18(16)27-22(17)23(29(19)26(28)31)15-12-20(32-2)24(34-4)21(13-15)33-3/h7-10,12-13,19,23,27H,5-6,11,14H2,1-4H3/t19-,23+/m0/s1. The third-order valence-corrected chi connectivity index (χ3v) is 6.87. The van der Waals surface area contributed by atoms with Crippen molar-refractivity contribution in [1.82, 2.24) is 14.8 Å². The fourth-order valence-electron chi connectivity index (χ4n) is 5.26. The van der Waals surface area contributed by atoms with Crippen LogP contribution in [-0.2, 0) is 11.2 Å². The molecule has 1 N–H and O–H groups in total. The highest BCUT2D eigenvalue weighted by Crippen LogP contribution is 2.47. The minimum absolute atomic E-state index is 0.133. The van der Waals surface area contributed by atoms with Crippen molar-refractivity contribution < 1.29 is 23.8 Å². The SMILES string of the molecule is CCCCN1C(=O)[C@@H]2Cc3c([nH]c4ccccc34)[C@@H](c3cc(OC)c(OC)c(OC)c3)N2C1=O. The van der Waals surface area contributed by atoms with Gasteiger partial charge in [-0.05, 0) is 35.7 Å². The molecule has 8 heteroatoms. The number of aromatic nitrogens is 1. The lowest BCUT2D eigenvalue weighted by atomic mass is 9.88. The first-order chi connectivity index (χ1) is 16.5. The summed E-state index contributed by atoms with van der Waals surface area (Å²) in [5, 5.41) is 1.07. The Hall–Kier alpha value is -3.68. The van der Waals surface area contributed by atoms with E-state index in [1.54, 1.807) is 26.2 Å². The van der Waals surface area contributed by atoms with E-state index in [4.69, 9.17) is 14.2 Å². The first kappa shape index (κ1) is 22.1. The zero-order valence-corrected chi connectivity index (χ0v) is 19.9. The maximum Gasteiger partial charge on any atom is 0.328 e. The van der Waals surface area contributed by atoms with Gasteiger partial charge in [0, 0.05) is 29.6 Å².